The van der Waals surface area contributed by atoms with Gasteiger partial charge in [-0.05, 0) is 36.4 Å². The van der Waals surface area contributed by atoms with Crippen LogP contribution < -0.4 is 5.32 Å². The lowest BCUT2D eigenvalue weighted by molar-refractivity contribution is -0.113. The van der Waals surface area contributed by atoms with E-state index < -0.39 is 11.6 Å². The number of thioether (sulfide) groups is 1. The van der Waals surface area contributed by atoms with Crippen LogP contribution in [0, 0.1) is 11.6 Å². The number of hydrogen-bond donors (Lipinski definition) is 1. The topological polar surface area (TPSA) is 54.9 Å². The molecule has 3 rings (SSSR count). The summed E-state index contributed by atoms with van der Waals surface area (Å²) in [5.41, 5.74) is 1.87. The average molecular weight is 436 g/mol. The van der Waals surface area contributed by atoms with Crippen LogP contribution in [0.3, 0.4) is 0 Å². The Hall–Kier alpha value is -2.32. The predicted molar refractivity (Wildman–Crippen MR) is 101 cm³/mol. The summed E-state index contributed by atoms with van der Waals surface area (Å²) in [5, 5.41) is 11.3. The van der Waals surface area contributed by atoms with Crippen LogP contribution in [0.4, 0.5) is 14.5 Å². The van der Waals surface area contributed by atoms with Crippen molar-refractivity contribution in [2.75, 3.05) is 11.1 Å². The third-order valence-corrected chi connectivity index (χ3v) is 4.78. The summed E-state index contributed by atoms with van der Waals surface area (Å²) in [6.45, 7) is 0. The SMILES string of the molecule is O=C(CSc1ccc(-c2ccc(Br)cc2)nn1)Nc1ccc(F)c(F)c1. The lowest BCUT2D eigenvalue weighted by Gasteiger charge is -2.06. The van der Waals surface area contributed by atoms with E-state index in [1.54, 1.807) is 6.07 Å². The number of nitrogens with one attached hydrogen (secondary N) is 1. The minimum absolute atomic E-state index is 0.0747. The average Bonchev–Trinajstić information content (AvgIpc) is 2.64. The van der Waals surface area contributed by atoms with Crippen LogP contribution in [-0.4, -0.2) is 21.9 Å². The van der Waals surface area contributed by atoms with Gasteiger partial charge in [-0.3, -0.25) is 4.79 Å². The van der Waals surface area contributed by atoms with Gasteiger partial charge in [0.05, 0.1) is 11.4 Å². The van der Waals surface area contributed by atoms with E-state index in [2.05, 4.69) is 31.4 Å². The van der Waals surface area contributed by atoms with E-state index in [1.807, 2.05) is 30.3 Å². The van der Waals surface area contributed by atoms with Crippen molar-refractivity contribution in [3.63, 3.8) is 0 Å². The number of aromatic nitrogens is 2. The molecule has 0 bridgehead atoms. The van der Waals surface area contributed by atoms with Crippen molar-refractivity contribution in [1.29, 1.82) is 0 Å². The van der Waals surface area contributed by atoms with Gasteiger partial charge in [-0.25, -0.2) is 8.78 Å². The molecular formula is C18H12BrF2N3OS. The van der Waals surface area contributed by atoms with Gasteiger partial charge in [0, 0.05) is 21.8 Å². The van der Waals surface area contributed by atoms with Gasteiger partial charge in [0.1, 0.15) is 5.03 Å². The van der Waals surface area contributed by atoms with Crippen LogP contribution in [0.25, 0.3) is 11.3 Å². The minimum atomic E-state index is -1.01. The molecule has 1 amide bonds. The van der Waals surface area contributed by atoms with Gasteiger partial charge < -0.3 is 5.32 Å². The van der Waals surface area contributed by atoms with Crippen LogP contribution in [-0.2, 0) is 4.79 Å². The lowest BCUT2D eigenvalue weighted by Crippen LogP contribution is -2.14. The smallest absolute Gasteiger partial charge is 0.234 e. The number of rotatable bonds is 5. The normalized spacial score (nSPS) is 10.6. The van der Waals surface area contributed by atoms with Gasteiger partial charge in [0.25, 0.3) is 0 Å². The molecule has 0 aliphatic rings. The first-order valence-electron chi connectivity index (χ1n) is 7.48. The molecule has 0 spiro atoms. The fourth-order valence-corrected chi connectivity index (χ4v) is 2.96. The van der Waals surface area contributed by atoms with Crippen molar-refractivity contribution in [2.24, 2.45) is 0 Å². The highest BCUT2D eigenvalue weighted by molar-refractivity contribution is 9.10. The first-order valence-corrected chi connectivity index (χ1v) is 9.26. The Labute approximate surface area is 161 Å². The van der Waals surface area contributed by atoms with Gasteiger partial charge in [-0.15, -0.1) is 10.2 Å². The van der Waals surface area contributed by atoms with Gasteiger partial charge in [-0.2, -0.15) is 0 Å². The number of benzene rings is 2. The summed E-state index contributed by atoms with van der Waals surface area (Å²) in [7, 11) is 0. The highest BCUT2D eigenvalue weighted by atomic mass is 79.9. The zero-order chi connectivity index (χ0) is 18.5. The summed E-state index contributed by atoms with van der Waals surface area (Å²) < 4.78 is 27.0. The second kappa shape index (κ2) is 8.37. The van der Waals surface area contributed by atoms with Gasteiger partial charge >= 0.3 is 0 Å². The number of carbonyl (C=O) groups is 1. The van der Waals surface area contributed by atoms with E-state index in [0.29, 0.717) is 5.03 Å². The molecule has 0 aliphatic heterocycles. The second-order valence-electron chi connectivity index (χ2n) is 5.23. The first-order chi connectivity index (χ1) is 12.5. The van der Waals surface area contributed by atoms with Crippen molar-refractivity contribution in [1.82, 2.24) is 10.2 Å². The molecule has 3 aromatic rings. The predicted octanol–water partition coefficient (Wildman–Crippen LogP) is 4.92. The van der Waals surface area contributed by atoms with Gasteiger partial charge in [-0.1, -0.05) is 39.8 Å². The zero-order valence-electron chi connectivity index (χ0n) is 13.2. The molecule has 0 fully saturated rings. The molecule has 132 valence electrons. The molecule has 8 heteroatoms. The molecular weight excluding hydrogens is 424 g/mol. The van der Waals surface area contributed by atoms with Crippen LogP contribution in [0.1, 0.15) is 0 Å². The number of nitrogens with zero attached hydrogens (tertiary/aromatic N) is 2. The monoisotopic (exact) mass is 435 g/mol. The maximum absolute atomic E-state index is 13.1. The standard InChI is InChI=1S/C18H12BrF2N3OS/c19-12-3-1-11(2-4-12)16-7-8-18(24-23-16)26-10-17(25)22-13-5-6-14(20)15(21)9-13/h1-9H,10H2,(H,22,25). The van der Waals surface area contributed by atoms with E-state index in [-0.39, 0.29) is 17.3 Å². The number of anilines is 1. The van der Waals surface area contributed by atoms with Crippen LogP contribution in [0.15, 0.2) is 64.1 Å². The molecule has 0 unspecified atom stereocenters. The molecule has 1 N–H and O–H groups in total. The molecule has 1 aromatic heterocycles. The van der Waals surface area contributed by atoms with E-state index in [9.17, 15) is 13.6 Å². The molecule has 4 nitrogen and oxygen atoms in total. The Morgan fingerprint density at radius 1 is 1.00 bits per heavy atom. The summed E-state index contributed by atoms with van der Waals surface area (Å²) in [4.78, 5) is 11.9. The van der Waals surface area contributed by atoms with E-state index in [0.717, 1.165) is 27.9 Å². The van der Waals surface area contributed by atoms with Crippen LogP contribution >= 0.6 is 27.7 Å². The third-order valence-electron chi connectivity index (χ3n) is 3.33. The van der Waals surface area contributed by atoms with E-state index in [1.165, 1.54) is 17.8 Å². The van der Waals surface area contributed by atoms with Crippen molar-refractivity contribution in [2.45, 2.75) is 5.03 Å². The maximum atomic E-state index is 13.1. The molecule has 26 heavy (non-hydrogen) atoms. The quantitative estimate of drug-likeness (QED) is 0.578. The van der Waals surface area contributed by atoms with Gasteiger partial charge in [0.2, 0.25) is 5.91 Å². The number of hydrogen-bond acceptors (Lipinski definition) is 4. The molecule has 0 saturated heterocycles. The maximum Gasteiger partial charge on any atom is 0.234 e. The van der Waals surface area contributed by atoms with Gasteiger partial charge in [0.15, 0.2) is 11.6 Å². The fourth-order valence-electron chi connectivity index (χ4n) is 2.08. The molecule has 1 heterocycles. The Morgan fingerprint density at radius 2 is 1.77 bits per heavy atom. The molecule has 0 atom stereocenters. The Balaban J connectivity index is 1.56. The van der Waals surface area contributed by atoms with Crippen molar-refractivity contribution in [3.8, 4) is 11.3 Å². The summed E-state index contributed by atoms with van der Waals surface area (Å²) >= 11 is 4.58. The Bertz CT molecular complexity index is 921. The number of amides is 1. The third kappa shape index (κ3) is 4.86. The number of halogens is 3. The molecule has 0 aliphatic carbocycles. The minimum Gasteiger partial charge on any atom is -0.325 e. The van der Waals surface area contributed by atoms with Crippen LogP contribution in [0.2, 0.25) is 0 Å². The molecule has 2 aromatic carbocycles. The number of carbonyl (C=O) groups excluding carboxylic acids is 1. The van der Waals surface area contributed by atoms with Crippen molar-refractivity contribution in [3.05, 3.63) is 70.7 Å². The van der Waals surface area contributed by atoms with E-state index >= 15 is 0 Å². The highest BCUT2D eigenvalue weighted by Gasteiger charge is 2.08. The molecule has 0 saturated carbocycles. The lowest BCUT2D eigenvalue weighted by atomic mass is 10.1. The van der Waals surface area contributed by atoms with Crippen LogP contribution in [0.5, 0.6) is 0 Å². The van der Waals surface area contributed by atoms with Crippen molar-refractivity contribution < 1.29 is 13.6 Å². The summed E-state index contributed by atoms with van der Waals surface area (Å²) in [6.07, 6.45) is 0. The Kier molecular flexibility index (Phi) is 5.95. The zero-order valence-corrected chi connectivity index (χ0v) is 15.7. The fraction of sp³-hybridized carbons (Fsp3) is 0.0556. The summed E-state index contributed by atoms with van der Waals surface area (Å²) in [6, 6.07) is 14.5. The Morgan fingerprint density at radius 3 is 2.42 bits per heavy atom. The first kappa shape index (κ1) is 18.5. The largest absolute Gasteiger partial charge is 0.325 e. The second-order valence-corrected chi connectivity index (χ2v) is 7.14. The van der Waals surface area contributed by atoms with Crippen molar-refractivity contribution >= 4 is 39.3 Å². The van der Waals surface area contributed by atoms with E-state index in [4.69, 9.17) is 0 Å². The highest BCUT2D eigenvalue weighted by Crippen LogP contribution is 2.22. The molecule has 0 radical (unpaired) electrons. The summed E-state index contributed by atoms with van der Waals surface area (Å²) in [5.74, 6) is -2.24.